The molecule has 140 valence electrons. The van der Waals surface area contributed by atoms with Gasteiger partial charge in [0.05, 0.1) is 16.9 Å². The van der Waals surface area contributed by atoms with E-state index in [1.165, 1.54) is 12.8 Å². The molecule has 2 aliphatic rings. The summed E-state index contributed by atoms with van der Waals surface area (Å²) in [7, 11) is 2.03. The molecule has 6 heteroatoms. The maximum Gasteiger partial charge on any atom is 0.260 e. The van der Waals surface area contributed by atoms with E-state index in [1.807, 2.05) is 50.4 Å². The SMILES string of the molecule is CCCC1C(=O)Nc2ccccc2N1C(=O)c1ccc(N(C)C2CC2)nc1. The number of nitrogens with one attached hydrogen (secondary N) is 1. The molecule has 1 aromatic heterocycles. The Bertz CT molecular complexity index is 861. The molecule has 2 heterocycles. The third-order valence-electron chi connectivity index (χ3n) is 5.27. The molecule has 0 spiro atoms. The molecule has 27 heavy (non-hydrogen) atoms. The summed E-state index contributed by atoms with van der Waals surface area (Å²) in [6.45, 7) is 2.01. The first-order valence-electron chi connectivity index (χ1n) is 9.52. The van der Waals surface area contributed by atoms with E-state index in [4.69, 9.17) is 0 Å². The molecule has 1 unspecified atom stereocenters. The normalized spacial score (nSPS) is 18.7. The minimum Gasteiger partial charge on any atom is -0.357 e. The molecule has 0 bridgehead atoms. The Labute approximate surface area is 159 Å². The number of carbonyl (C=O) groups excluding carboxylic acids is 2. The molecule has 1 aliphatic carbocycles. The fourth-order valence-corrected chi connectivity index (χ4v) is 3.58. The minimum atomic E-state index is -0.508. The van der Waals surface area contributed by atoms with Crippen molar-refractivity contribution in [3.63, 3.8) is 0 Å². The van der Waals surface area contributed by atoms with Crippen LogP contribution in [0, 0.1) is 0 Å². The van der Waals surface area contributed by atoms with Crippen LogP contribution in [0.15, 0.2) is 42.6 Å². The standard InChI is InChI=1S/C21H24N4O2/c1-3-6-18-20(26)23-16-7-4-5-8-17(16)25(18)21(27)14-9-12-19(22-13-14)24(2)15-10-11-15/h4-5,7-9,12-13,15,18H,3,6,10-11H2,1-2H3,(H,23,26). The Balaban J connectivity index is 1.66. The van der Waals surface area contributed by atoms with Crippen LogP contribution in [0.2, 0.25) is 0 Å². The Morgan fingerprint density at radius 3 is 2.70 bits per heavy atom. The smallest absolute Gasteiger partial charge is 0.260 e. The van der Waals surface area contributed by atoms with Crippen LogP contribution in [0.3, 0.4) is 0 Å². The average Bonchev–Trinajstić information content (AvgIpc) is 3.53. The zero-order chi connectivity index (χ0) is 19.0. The molecule has 2 aromatic rings. The molecule has 1 saturated carbocycles. The van der Waals surface area contributed by atoms with Crippen LogP contribution < -0.4 is 15.1 Å². The number of para-hydroxylation sites is 2. The maximum absolute atomic E-state index is 13.3. The van der Waals surface area contributed by atoms with E-state index in [0.717, 1.165) is 17.9 Å². The van der Waals surface area contributed by atoms with Crippen LogP contribution in [0.5, 0.6) is 0 Å². The van der Waals surface area contributed by atoms with Gasteiger partial charge in [0.15, 0.2) is 0 Å². The van der Waals surface area contributed by atoms with Gasteiger partial charge in [-0.05, 0) is 43.5 Å². The summed E-state index contributed by atoms with van der Waals surface area (Å²) in [4.78, 5) is 34.2. The van der Waals surface area contributed by atoms with Crippen LogP contribution in [0.4, 0.5) is 17.2 Å². The fourth-order valence-electron chi connectivity index (χ4n) is 3.58. The van der Waals surface area contributed by atoms with E-state index in [1.54, 1.807) is 11.1 Å². The van der Waals surface area contributed by atoms with Gasteiger partial charge in [-0.1, -0.05) is 25.5 Å². The summed E-state index contributed by atoms with van der Waals surface area (Å²) in [5.41, 5.74) is 1.90. The third-order valence-corrected chi connectivity index (χ3v) is 5.27. The largest absolute Gasteiger partial charge is 0.357 e. The molecule has 1 aromatic carbocycles. The predicted molar refractivity (Wildman–Crippen MR) is 106 cm³/mol. The van der Waals surface area contributed by atoms with Gasteiger partial charge in [0.2, 0.25) is 5.91 Å². The zero-order valence-electron chi connectivity index (χ0n) is 15.7. The van der Waals surface area contributed by atoms with Crippen molar-refractivity contribution in [1.82, 2.24) is 4.98 Å². The van der Waals surface area contributed by atoms with Gasteiger partial charge in [-0.2, -0.15) is 0 Å². The first kappa shape index (κ1) is 17.5. The van der Waals surface area contributed by atoms with E-state index < -0.39 is 6.04 Å². The lowest BCUT2D eigenvalue weighted by Gasteiger charge is -2.36. The van der Waals surface area contributed by atoms with Gasteiger partial charge in [-0.3, -0.25) is 14.5 Å². The van der Waals surface area contributed by atoms with Crippen LogP contribution in [-0.4, -0.2) is 35.9 Å². The van der Waals surface area contributed by atoms with Gasteiger partial charge in [0.1, 0.15) is 11.9 Å². The van der Waals surface area contributed by atoms with Crippen LogP contribution in [0.25, 0.3) is 0 Å². The van der Waals surface area contributed by atoms with Gasteiger partial charge in [-0.25, -0.2) is 4.98 Å². The number of rotatable bonds is 5. The van der Waals surface area contributed by atoms with Crippen molar-refractivity contribution in [3.8, 4) is 0 Å². The van der Waals surface area contributed by atoms with E-state index in [0.29, 0.717) is 23.7 Å². The van der Waals surface area contributed by atoms with Crippen molar-refractivity contribution in [3.05, 3.63) is 48.2 Å². The highest BCUT2D eigenvalue weighted by Crippen LogP contribution is 2.34. The lowest BCUT2D eigenvalue weighted by Crippen LogP contribution is -2.51. The minimum absolute atomic E-state index is 0.137. The number of hydrogen-bond donors (Lipinski definition) is 1. The summed E-state index contributed by atoms with van der Waals surface area (Å²) in [6.07, 6.45) is 5.43. The van der Waals surface area contributed by atoms with E-state index >= 15 is 0 Å². The summed E-state index contributed by atoms with van der Waals surface area (Å²) >= 11 is 0. The number of aromatic nitrogens is 1. The average molecular weight is 364 g/mol. The number of nitrogens with zero attached hydrogens (tertiary/aromatic N) is 3. The van der Waals surface area contributed by atoms with E-state index in [-0.39, 0.29) is 11.8 Å². The van der Waals surface area contributed by atoms with Gasteiger partial charge < -0.3 is 10.2 Å². The zero-order valence-corrected chi connectivity index (χ0v) is 15.7. The molecule has 4 rings (SSSR count). The van der Waals surface area contributed by atoms with E-state index in [2.05, 4.69) is 15.2 Å². The highest BCUT2D eigenvalue weighted by Gasteiger charge is 2.36. The number of benzene rings is 1. The molecule has 1 aliphatic heterocycles. The second-order valence-electron chi connectivity index (χ2n) is 7.23. The maximum atomic E-state index is 13.3. The molecular weight excluding hydrogens is 340 g/mol. The molecule has 6 nitrogen and oxygen atoms in total. The number of anilines is 3. The number of carbonyl (C=O) groups is 2. The first-order chi connectivity index (χ1) is 13.1. The Hall–Kier alpha value is -2.89. The van der Waals surface area contributed by atoms with Crippen molar-refractivity contribution in [2.45, 2.75) is 44.7 Å². The fraction of sp³-hybridized carbons (Fsp3) is 0.381. The lowest BCUT2D eigenvalue weighted by molar-refractivity contribution is -0.117. The number of pyridine rings is 1. The van der Waals surface area contributed by atoms with Crippen molar-refractivity contribution >= 4 is 29.0 Å². The molecular formula is C21H24N4O2. The van der Waals surface area contributed by atoms with Crippen LogP contribution >= 0.6 is 0 Å². The number of hydrogen-bond acceptors (Lipinski definition) is 4. The van der Waals surface area contributed by atoms with Gasteiger partial charge in [0, 0.05) is 19.3 Å². The van der Waals surface area contributed by atoms with Crippen molar-refractivity contribution in [2.75, 3.05) is 22.2 Å². The Kier molecular flexibility index (Phi) is 4.56. The molecule has 1 atom stereocenters. The molecule has 0 saturated heterocycles. The summed E-state index contributed by atoms with van der Waals surface area (Å²) < 4.78 is 0. The monoisotopic (exact) mass is 364 g/mol. The highest BCUT2D eigenvalue weighted by molar-refractivity contribution is 6.16. The quantitative estimate of drug-likeness (QED) is 0.882. The summed E-state index contributed by atoms with van der Waals surface area (Å²) in [6, 6.07) is 11.2. The topological polar surface area (TPSA) is 65.5 Å². The molecule has 0 radical (unpaired) electrons. The molecule has 2 amide bonds. The number of fused-ring (bicyclic) bond motifs is 1. The van der Waals surface area contributed by atoms with Gasteiger partial charge in [-0.15, -0.1) is 0 Å². The van der Waals surface area contributed by atoms with Gasteiger partial charge >= 0.3 is 0 Å². The van der Waals surface area contributed by atoms with Gasteiger partial charge in [0.25, 0.3) is 5.91 Å². The second-order valence-corrected chi connectivity index (χ2v) is 7.23. The summed E-state index contributed by atoms with van der Waals surface area (Å²) in [5.74, 6) is 0.543. The third kappa shape index (κ3) is 3.27. The van der Waals surface area contributed by atoms with Crippen molar-refractivity contribution in [2.24, 2.45) is 0 Å². The van der Waals surface area contributed by atoms with Crippen molar-refractivity contribution in [1.29, 1.82) is 0 Å². The molecule has 1 fully saturated rings. The number of amides is 2. The first-order valence-corrected chi connectivity index (χ1v) is 9.52. The summed E-state index contributed by atoms with van der Waals surface area (Å²) in [5, 5.41) is 2.92. The Morgan fingerprint density at radius 2 is 2.04 bits per heavy atom. The Morgan fingerprint density at radius 1 is 1.26 bits per heavy atom. The lowest BCUT2D eigenvalue weighted by atomic mass is 10.0. The molecule has 1 N–H and O–H groups in total. The van der Waals surface area contributed by atoms with Crippen molar-refractivity contribution < 1.29 is 9.59 Å². The van der Waals surface area contributed by atoms with Crippen LogP contribution in [-0.2, 0) is 4.79 Å². The predicted octanol–water partition coefficient (Wildman–Crippen LogP) is 3.45. The highest BCUT2D eigenvalue weighted by atomic mass is 16.2. The van der Waals surface area contributed by atoms with E-state index in [9.17, 15) is 9.59 Å². The van der Waals surface area contributed by atoms with Crippen LogP contribution in [0.1, 0.15) is 43.0 Å². The second kappa shape index (κ2) is 7.02.